The van der Waals surface area contributed by atoms with Crippen LogP contribution >= 0.6 is 27.3 Å². The summed E-state index contributed by atoms with van der Waals surface area (Å²) >= 11 is 5.08. The van der Waals surface area contributed by atoms with Gasteiger partial charge in [0.2, 0.25) is 6.79 Å². The summed E-state index contributed by atoms with van der Waals surface area (Å²) in [6, 6.07) is 6.95. The molecule has 0 amide bonds. The highest BCUT2D eigenvalue weighted by Crippen LogP contribution is 2.40. The van der Waals surface area contributed by atoms with E-state index in [2.05, 4.69) is 15.9 Å². The maximum atomic E-state index is 13.7. The number of hydrogen-bond acceptors (Lipinski definition) is 13. The fraction of sp³-hybridized carbons (Fsp3) is 0.400. The minimum absolute atomic E-state index is 0.0721. The van der Waals surface area contributed by atoms with Crippen LogP contribution < -0.4 is 9.47 Å². The molecule has 0 fully saturated rings. The number of fused-ring (bicyclic) bond motifs is 1. The minimum Gasteiger partial charge on any atom is -0.461 e. The first kappa shape index (κ1) is 35.7. The Labute approximate surface area is 280 Å². The largest absolute Gasteiger partial charge is 0.461 e. The molecule has 1 unspecified atom stereocenters. The molecule has 12 nitrogen and oxygen atoms in total. The molecule has 0 spiro atoms. The molecule has 250 valence electrons. The molecule has 1 aromatic carbocycles. The number of hydrogen-bond donors (Lipinski definition) is 1. The monoisotopic (exact) mass is 759 g/mol. The van der Waals surface area contributed by atoms with E-state index in [1.165, 1.54) is 23.6 Å². The molecular formula is C30H34BrNO11S3. The highest BCUT2D eigenvalue weighted by Gasteiger charge is 2.30. The van der Waals surface area contributed by atoms with Crippen molar-refractivity contribution in [2.24, 2.45) is 0 Å². The number of halogens is 1. The van der Waals surface area contributed by atoms with Crippen LogP contribution in [-0.2, 0) is 45.3 Å². The lowest BCUT2D eigenvalue weighted by Crippen LogP contribution is -2.28. The molecule has 2 aliphatic heterocycles. The number of aliphatic hydroxyl groups excluding tert-OH is 1. The summed E-state index contributed by atoms with van der Waals surface area (Å²) in [6.07, 6.45) is 7.55. The van der Waals surface area contributed by atoms with E-state index in [1.54, 1.807) is 12.1 Å². The summed E-state index contributed by atoms with van der Waals surface area (Å²) < 4.78 is 69.3. The average molecular weight is 761 g/mol. The molecule has 4 rings (SSSR count). The molecule has 0 saturated carbocycles. The lowest BCUT2D eigenvalue weighted by molar-refractivity contribution is -0.142. The highest BCUT2D eigenvalue weighted by atomic mass is 79.9. The van der Waals surface area contributed by atoms with E-state index in [9.17, 15) is 31.5 Å². The third-order valence-electron chi connectivity index (χ3n) is 6.81. The van der Waals surface area contributed by atoms with Gasteiger partial charge in [-0.2, -0.15) is 0 Å². The first-order chi connectivity index (χ1) is 21.7. The summed E-state index contributed by atoms with van der Waals surface area (Å²) in [6.45, 7) is -0.774. The first-order valence-corrected chi connectivity index (χ1v) is 19.9. The van der Waals surface area contributed by atoms with Crippen molar-refractivity contribution in [3.8, 4) is 11.5 Å². The van der Waals surface area contributed by atoms with Crippen LogP contribution in [0.5, 0.6) is 11.5 Å². The van der Waals surface area contributed by atoms with Gasteiger partial charge in [0.1, 0.15) is 13.2 Å². The summed E-state index contributed by atoms with van der Waals surface area (Å²) in [4.78, 5) is 29.9. The summed E-state index contributed by atoms with van der Waals surface area (Å²) in [5.41, 5.74) is 0.943. The zero-order valence-electron chi connectivity index (χ0n) is 25.1. The second-order valence-electron chi connectivity index (χ2n) is 10.6. The number of aliphatic hydroxyl groups is 1. The van der Waals surface area contributed by atoms with Crippen LogP contribution in [0.1, 0.15) is 29.3 Å². The van der Waals surface area contributed by atoms with E-state index in [1.807, 2.05) is 28.5 Å². The van der Waals surface area contributed by atoms with Crippen molar-refractivity contribution in [2.45, 2.75) is 25.4 Å². The Morgan fingerprint density at radius 1 is 1.02 bits per heavy atom. The quantitative estimate of drug-likeness (QED) is 0.280. The number of thiophene rings is 1. The average Bonchev–Trinajstić information content (AvgIpc) is 3.65. The van der Waals surface area contributed by atoms with Gasteiger partial charge in [-0.05, 0) is 53.6 Å². The van der Waals surface area contributed by atoms with E-state index in [0.29, 0.717) is 34.4 Å². The van der Waals surface area contributed by atoms with Crippen LogP contribution in [-0.4, -0.2) is 89.4 Å². The first-order valence-electron chi connectivity index (χ1n) is 14.1. The van der Waals surface area contributed by atoms with Gasteiger partial charge in [0.05, 0.1) is 28.7 Å². The Bertz CT molecular complexity index is 1750. The highest BCUT2D eigenvalue weighted by molar-refractivity contribution is 9.10. The molecule has 1 aromatic heterocycles. The zero-order valence-corrected chi connectivity index (χ0v) is 29.2. The molecule has 2 aromatic rings. The van der Waals surface area contributed by atoms with Gasteiger partial charge in [0.25, 0.3) is 0 Å². The Kier molecular flexibility index (Phi) is 12.1. The maximum Gasteiger partial charge on any atom is 0.340 e. The number of carbonyl (C=O) groups is 2. The summed E-state index contributed by atoms with van der Waals surface area (Å²) in [5.74, 6) is -1.70. The third kappa shape index (κ3) is 10.2. The molecule has 1 atom stereocenters. The number of carbonyl (C=O) groups excluding carboxylic acids is 2. The number of ether oxygens (including phenoxy) is 4. The van der Waals surface area contributed by atoms with Crippen LogP contribution in [0.4, 0.5) is 0 Å². The third-order valence-corrected chi connectivity index (χ3v) is 10.3. The molecule has 0 saturated heterocycles. The zero-order chi connectivity index (χ0) is 33.5. The Balaban J connectivity index is 1.85. The number of sulfone groups is 2. The van der Waals surface area contributed by atoms with E-state index >= 15 is 0 Å². The van der Waals surface area contributed by atoms with Crippen LogP contribution in [0.25, 0.3) is 0 Å². The van der Waals surface area contributed by atoms with Crippen LogP contribution in [0.15, 0.2) is 69.2 Å². The number of nitrogens with zero attached hydrogens (tertiary/aromatic N) is 1. The molecular weight excluding hydrogens is 726 g/mol. The topological polar surface area (TPSA) is 163 Å². The predicted octanol–water partition coefficient (Wildman–Crippen LogP) is 3.48. The molecule has 3 heterocycles. The predicted molar refractivity (Wildman–Crippen MR) is 175 cm³/mol. The van der Waals surface area contributed by atoms with E-state index in [0.717, 1.165) is 23.0 Å². The minimum atomic E-state index is -3.47. The van der Waals surface area contributed by atoms with Gasteiger partial charge in [0.15, 0.2) is 31.2 Å². The lowest BCUT2D eigenvalue weighted by atomic mass is 9.96. The van der Waals surface area contributed by atoms with Crippen molar-refractivity contribution in [3.05, 3.63) is 79.6 Å². The number of allylic oxidation sites excluding steroid dienone is 2. The molecule has 46 heavy (non-hydrogen) atoms. The van der Waals surface area contributed by atoms with E-state index in [4.69, 9.17) is 18.9 Å². The second-order valence-corrected chi connectivity index (χ2v) is 17.0. The van der Waals surface area contributed by atoms with Crippen molar-refractivity contribution in [1.29, 1.82) is 0 Å². The second kappa shape index (κ2) is 15.6. The lowest BCUT2D eigenvalue weighted by Gasteiger charge is -2.31. The van der Waals surface area contributed by atoms with Gasteiger partial charge in [-0.15, -0.1) is 11.3 Å². The smallest absolute Gasteiger partial charge is 0.340 e. The molecule has 0 radical (unpaired) electrons. The SMILES string of the molecule is CS(=O)(=O)CCOC(=O)C1=CC(CCCO)=CC(c2cccs2)N(Cc2cc3c(cc2Br)OCO3)C=C1C(=O)OCCS(C)(=O)=O. The summed E-state index contributed by atoms with van der Waals surface area (Å²) in [7, 11) is -6.92. The fourth-order valence-corrected chi connectivity index (χ4v) is 6.58. The Hall–Kier alpha value is -3.18. The van der Waals surface area contributed by atoms with Gasteiger partial charge in [-0.3, -0.25) is 0 Å². The fourth-order valence-electron chi connectivity index (χ4n) is 4.55. The standard InChI is InChI=1S/C30H34BrNO11S3/c1-45(36,37)11-8-40-29(34)22-13-20(5-3-7-33)14-25(28-6-4-10-44-28)32(18-23(22)30(35)41-9-12-46(2,38)39)17-21-15-26-27(16-24(21)31)43-19-42-26/h4,6,10,13-16,18,25,33H,3,5,7-9,11-12,17,19H2,1-2H3. The van der Waals surface area contributed by atoms with Gasteiger partial charge in [-0.25, -0.2) is 26.4 Å². The summed E-state index contributed by atoms with van der Waals surface area (Å²) in [5, 5.41) is 11.5. The van der Waals surface area contributed by atoms with Crippen molar-refractivity contribution in [2.75, 3.05) is 50.6 Å². The van der Waals surface area contributed by atoms with Gasteiger partial charge >= 0.3 is 11.9 Å². The van der Waals surface area contributed by atoms with Crippen molar-refractivity contribution < 1.29 is 50.5 Å². The van der Waals surface area contributed by atoms with Crippen LogP contribution in [0.2, 0.25) is 0 Å². The normalized spacial score (nSPS) is 16.6. The van der Waals surface area contributed by atoms with E-state index < -0.39 is 62.4 Å². The van der Waals surface area contributed by atoms with E-state index in [-0.39, 0.29) is 31.1 Å². The maximum absolute atomic E-state index is 13.7. The molecule has 1 N–H and O–H groups in total. The van der Waals surface area contributed by atoms with Gasteiger partial charge in [-0.1, -0.05) is 28.1 Å². The van der Waals surface area contributed by atoms with Crippen molar-refractivity contribution in [3.63, 3.8) is 0 Å². The van der Waals surface area contributed by atoms with Gasteiger partial charge < -0.3 is 29.0 Å². The molecule has 2 aliphatic rings. The Morgan fingerprint density at radius 3 is 2.24 bits per heavy atom. The molecule has 0 bridgehead atoms. The van der Waals surface area contributed by atoms with Gasteiger partial charge in [0, 0.05) is 41.2 Å². The number of esters is 2. The van der Waals surface area contributed by atoms with Crippen LogP contribution in [0.3, 0.4) is 0 Å². The van der Waals surface area contributed by atoms with Crippen molar-refractivity contribution >= 4 is 58.9 Å². The van der Waals surface area contributed by atoms with Crippen molar-refractivity contribution in [1.82, 2.24) is 4.90 Å². The molecule has 16 heteroatoms. The van der Waals surface area contributed by atoms with Crippen LogP contribution in [0, 0.1) is 0 Å². The Morgan fingerprint density at radius 2 is 1.65 bits per heavy atom. The number of benzene rings is 1. The number of rotatable bonds is 14. The molecule has 0 aliphatic carbocycles.